The number of hydrogen-bond acceptors (Lipinski definition) is 3. The summed E-state index contributed by atoms with van der Waals surface area (Å²) in [4.78, 5) is 14.1. The van der Waals surface area contributed by atoms with Gasteiger partial charge in [0.1, 0.15) is 0 Å². The number of amides is 1. The van der Waals surface area contributed by atoms with Crippen LogP contribution < -0.4 is 4.72 Å². The highest BCUT2D eigenvalue weighted by Crippen LogP contribution is 2.32. The zero-order valence-corrected chi connectivity index (χ0v) is 13.8. The standard InChI is InChI=1S/C16H22N2O3S/c1-11-3-6-15(7-12(11)2)22(20,21)17-9-13-8-16(19)18(10-13)14-4-5-14/h3,6-7,13-14,17H,4-5,8-10H2,1-2H3. The van der Waals surface area contributed by atoms with E-state index < -0.39 is 10.0 Å². The number of nitrogens with one attached hydrogen (secondary N) is 1. The van der Waals surface area contributed by atoms with Gasteiger partial charge in [0.2, 0.25) is 15.9 Å². The lowest BCUT2D eigenvalue weighted by Crippen LogP contribution is -2.32. The van der Waals surface area contributed by atoms with Crippen molar-refractivity contribution in [3.05, 3.63) is 29.3 Å². The van der Waals surface area contributed by atoms with Crippen molar-refractivity contribution in [1.29, 1.82) is 0 Å². The first-order valence-corrected chi connectivity index (χ1v) is 9.21. The Hall–Kier alpha value is -1.40. The lowest BCUT2D eigenvalue weighted by molar-refractivity contribution is -0.128. The summed E-state index contributed by atoms with van der Waals surface area (Å²) >= 11 is 0. The molecule has 3 rings (SSSR count). The Morgan fingerprint density at radius 3 is 2.59 bits per heavy atom. The van der Waals surface area contributed by atoms with Crippen molar-refractivity contribution < 1.29 is 13.2 Å². The molecule has 5 nitrogen and oxygen atoms in total. The van der Waals surface area contributed by atoms with Crippen LogP contribution in [0.25, 0.3) is 0 Å². The smallest absolute Gasteiger partial charge is 0.240 e. The second-order valence-corrected chi connectivity index (χ2v) is 8.21. The Balaban J connectivity index is 1.62. The monoisotopic (exact) mass is 322 g/mol. The third-order valence-corrected chi connectivity index (χ3v) is 6.00. The van der Waals surface area contributed by atoms with E-state index in [1.54, 1.807) is 12.1 Å². The molecule has 2 aliphatic rings. The molecule has 1 unspecified atom stereocenters. The number of rotatable bonds is 5. The molecule has 1 aliphatic carbocycles. The van der Waals surface area contributed by atoms with E-state index in [0.29, 0.717) is 30.4 Å². The molecule has 1 aliphatic heterocycles. The Morgan fingerprint density at radius 2 is 1.95 bits per heavy atom. The Labute approximate surface area is 131 Å². The van der Waals surface area contributed by atoms with E-state index in [9.17, 15) is 13.2 Å². The van der Waals surface area contributed by atoms with Gasteiger partial charge in [-0.2, -0.15) is 0 Å². The first-order chi connectivity index (χ1) is 10.4. The summed E-state index contributed by atoms with van der Waals surface area (Å²) in [6.45, 7) is 4.86. The fourth-order valence-corrected chi connectivity index (χ4v) is 4.08. The molecule has 6 heteroatoms. The van der Waals surface area contributed by atoms with Crippen molar-refractivity contribution in [2.75, 3.05) is 13.1 Å². The quantitative estimate of drug-likeness (QED) is 0.895. The van der Waals surface area contributed by atoms with Crippen LogP contribution in [0.3, 0.4) is 0 Å². The van der Waals surface area contributed by atoms with Crippen molar-refractivity contribution in [3.8, 4) is 0 Å². The first-order valence-electron chi connectivity index (χ1n) is 7.73. The molecule has 1 aromatic carbocycles. The van der Waals surface area contributed by atoms with Gasteiger partial charge in [0.05, 0.1) is 4.90 Å². The minimum atomic E-state index is -3.51. The molecule has 1 saturated carbocycles. The van der Waals surface area contributed by atoms with E-state index in [1.807, 2.05) is 24.8 Å². The summed E-state index contributed by atoms with van der Waals surface area (Å²) in [6.07, 6.45) is 2.63. The Morgan fingerprint density at radius 1 is 1.23 bits per heavy atom. The number of nitrogens with zero attached hydrogens (tertiary/aromatic N) is 1. The maximum Gasteiger partial charge on any atom is 0.240 e. The Kier molecular flexibility index (Phi) is 3.99. The predicted molar refractivity (Wildman–Crippen MR) is 83.9 cm³/mol. The molecule has 1 N–H and O–H groups in total. The van der Waals surface area contributed by atoms with Gasteiger partial charge in [0.15, 0.2) is 0 Å². The van der Waals surface area contributed by atoms with Crippen molar-refractivity contribution in [2.45, 2.75) is 44.0 Å². The van der Waals surface area contributed by atoms with Gasteiger partial charge in [-0.3, -0.25) is 4.79 Å². The number of carbonyl (C=O) groups excluding carboxylic acids is 1. The molecule has 1 saturated heterocycles. The third kappa shape index (κ3) is 3.17. The molecule has 0 spiro atoms. The van der Waals surface area contributed by atoms with Gasteiger partial charge in [-0.1, -0.05) is 6.07 Å². The Bertz CT molecular complexity index is 695. The van der Waals surface area contributed by atoms with E-state index in [2.05, 4.69) is 4.72 Å². The van der Waals surface area contributed by atoms with Gasteiger partial charge in [0, 0.05) is 25.6 Å². The maximum atomic E-state index is 12.4. The zero-order valence-electron chi connectivity index (χ0n) is 13.0. The van der Waals surface area contributed by atoms with Crippen LogP contribution in [0, 0.1) is 19.8 Å². The van der Waals surface area contributed by atoms with Gasteiger partial charge in [-0.15, -0.1) is 0 Å². The van der Waals surface area contributed by atoms with Crippen LogP contribution in [0.4, 0.5) is 0 Å². The second-order valence-electron chi connectivity index (χ2n) is 6.45. The maximum absolute atomic E-state index is 12.4. The third-order valence-electron chi connectivity index (χ3n) is 4.58. The van der Waals surface area contributed by atoms with Crippen LogP contribution in [0.15, 0.2) is 23.1 Å². The van der Waals surface area contributed by atoms with Crippen LogP contribution in [0.2, 0.25) is 0 Å². The van der Waals surface area contributed by atoms with Gasteiger partial charge < -0.3 is 4.90 Å². The summed E-state index contributed by atoms with van der Waals surface area (Å²) in [5, 5.41) is 0. The minimum absolute atomic E-state index is 0.0782. The molecule has 0 bridgehead atoms. The molecule has 1 atom stereocenters. The van der Waals surface area contributed by atoms with Gasteiger partial charge in [-0.25, -0.2) is 13.1 Å². The molecule has 120 valence electrons. The van der Waals surface area contributed by atoms with Gasteiger partial charge in [-0.05, 0) is 55.9 Å². The van der Waals surface area contributed by atoms with Crippen LogP contribution in [0.5, 0.6) is 0 Å². The number of benzene rings is 1. The number of hydrogen-bond donors (Lipinski definition) is 1. The number of aryl methyl sites for hydroxylation is 2. The van der Waals surface area contributed by atoms with E-state index in [4.69, 9.17) is 0 Å². The van der Waals surface area contributed by atoms with Crippen molar-refractivity contribution >= 4 is 15.9 Å². The van der Waals surface area contributed by atoms with Crippen LogP contribution in [-0.4, -0.2) is 38.4 Å². The van der Waals surface area contributed by atoms with Crippen molar-refractivity contribution in [3.63, 3.8) is 0 Å². The highest BCUT2D eigenvalue weighted by Gasteiger charge is 2.39. The van der Waals surface area contributed by atoms with Gasteiger partial charge >= 0.3 is 0 Å². The summed E-state index contributed by atoms with van der Waals surface area (Å²) in [6, 6.07) is 5.54. The molecular formula is C16H22N2O3S. The predicted octanol–water partition coefficient (Wildman–Crippen LogP) is 1.59. The largest absolute Gasteiger partial charge is 0.339 e. The highest BCUT2D eigenvalue weighted by atomic mass is 32.2. The lowest BCUT2D eigenvalue weighted by atomic mass is 10.1. The molecule has 0 radical (unpaired) electrons. The molecule has 2 fully saturated rings. The summed E-state index contributed by atoms with van der Waals surface area (Å²) in [5.41, 5.74) is 2.03. The molecule has 1 amide bonds. The van der Waals surface area contributed by atoms with Crippen LogP contribution in [0.1, 0.15) is 30.4 Å². The second kappa shape index (κ2) is 5.66. The number of sulfonamides is 1. The SMILES string of the molecule is Cc1ccc(S(=O)(=O)NCC2CC(=O)N(C3CC3)C2)cc1C. The van der Waals surface area contributed by atoms with Gasteiger partial charge in [0.25, 0.3) is 0 Å². The van der Waals surface area contributed by atoms with E-state index in [0.717, 1.165) is 24.0 Å². The normalized spacial score (nSPS) is 22.4. The fraction of sp³-hybridized carbons (Fsp3) is 0.562. The first kappa shape index (κ1) is 15.5. The lowest BCUT2D eigenvalue weighted by Gasteiger charge is -2.16. The molecular weight excluding hydrogens is 300 g/mol. The molecule has 1 aromatic rings. The van der Waals surface area contributed by atoms with Crippen LogP contribution in [-0.2, 0) is 14.8 Å². The molecule has 0 aromatic heterocycles. The zero-order chi connectivity index (χ0) is 15.9. The van der Waals surface area contributed by atoms with Crippen molar-refractivity contribution in [2.24, 2.45) is 5.92 Å². The number of likely N-dealkylation sites (tertiary alicyclic amines) is 1. The van der Waals surface area contributed by atoms with Crippen LogP contribution >= 0.6 is 0 Å². The summed E-state index contributed by atoms with van der Waals surface area (Å²) in [7, 11) is -3.51. The van der Waals surface area contributed by atoms with Crippen molar-refractivity contribution in [1.82, 2.24) is 9.62 Å². The minimum Gasteiger partial charge on any atom is -0.339 e. The molecule has 1 heterocycles. The average Bonchev–Trinajstić information content (AvgIpc) is 3.23. The molecule has 22 heavy (non-hydrogen) atoms. The van der Waals surface area contributed by atoms with E-state index in [1.165, 1.54) is 0 Å². The number of carbonyl (C=O) groups is 1. The summed E-state index contributed by atoms with van der Waals surface area (Å²) in [5.74, 6) is 0.243. The van der Waals surface area contributed by atoms with E-state index >= 15 is 0 Å². The average molecular weight is 322 g/mol. The highest BCUT2D eigenvalue weighted by molar-refractivity contribution is 7.89. The summed E-state index contributed by atoms with van der Waals surface area (Å²) < 4.78 is 27.4. The van der Waals surface area contributed by atoms with E-state index in [-0.39, 0.29) is 11.8 Å². The topological polar surface area (TPSA) is 66.5 Å². The fourth-order valence-electron chi connectivity index (χ4n) is 2.88.